The Morgan fingerprint density at radius 2 is 1.89 bits per heavy atom. The number of rotatable bonds is 4. The van der Waals surface area contributed by atoms with Crippen molar-refractivity contribution in [2.45, 2.75) is 0 Å². The highest BCUT2D eigenvalue weighted by Crippen LogP contribution is 2.31. The molecule has 18 heavy (non-hydrogen) atoms. The van der Waals surface area contributed by atoms with Gasteiger partial charge in [0, 0.05) is 16.8 Å². The van der Waals surface area contributed by atoms with Gasteiger partial charge in [-0.1, -0.05) is 11.6 Å². The number of nitrogens with one attached hydrogen (secondary N) is 1. The molecule has 1 N–H and O–H groups in total. The van der Waals surface area contributed by atoms with E-state index in [1.807, 2.05) is 12.1 Å². The number of halogens is 1. The Kier molecular flexibility index (Phi) is 3.79. The normalized spacial score (nSPS) is 9.89. The SMILES string of the molecule is COc1ccc(N=O)c(Nc2ccc(Cl)cc2)c1. The van der Waals surface area contributed by atoms with Gasteiger partial charge in [-0.25, -0.2) is 0 Å². The first kappa shape index (κ1) is 12.4. The van der Waals surface area contributed by atoms with Gasteiger partial charge >= 0.3 is 0 Å². The molecule has 0 fully saturated rings. The molecule has 2 rings (SSSR count). The van der Waals surface area contributed by atoms with Gasteiger partial charge in [0.25, 0.3) is 0 Å². The minimum Gasteiger partial charge on any atom is -0.497 e. The molecule has 0 aliphatic carbocycles. The van der Waals surface area contributed by atoms with Crippen LogP contribution in [0.5, 0.6) is 5.75 Å². The smallest absolute Gasteiger partial charge is 0.131 e. The molecule has 2 aromatic carbocycles. The topological polar surface area (TPSA) is 50.7 Å². The van der Waals surface area contributed by atoms with Gasteiger partial charge in [0.2, 0.25) is 0 Å². The molecule has 2 aromatic rings. The Morgan fingerprint density at radius 1 is 1.17 bits per heavy atom. The number of nitroso groups, excluding NO2 is 1. The van der Waals surface area contributed by atoms with Crippen molar-refractivity contribution < 1.29 is 4.74 Å². The molecule has 0 amide bonds. The van der Waals surface area contributed by atoms with E-state index in [-0.39, 0.29) is 0 Å². The largest absolute Gasteiger partial charge is 0.497 e. The zero-order valence-electron chi connectivity index (χ0n) is 9.68. The molecule has 0 heterocycles. The van der Waals surface area contributed by atoms with Crippen LogP contribution >= 0.6 is 11.6 Å². The van der Waals surface area contributed by atoms with Crippen molar-refractivity contribution in [3.05, 3.63) is 52.4 Å². The van der Waals surface area contributed by atoms with Gasteiger partial charge in [-0.3, -0.25) is 0 Å². The summed E-state index contributed by atoms with van der Waals surface area (Å²) in [5.41, 5.74) is 1.73. The number of methoxy groups -OCH3 is 1. The summed E-state index contributed by atoms with van der Waals surface area (Å²) in [5, 5.41) is 6.71. The fourth-order valence-corrected chi connectivity index (χ4v) is 1.64. The standard InChI is InChI=1S/C13H11ClN2O2/c1-18-11-6-7-12(16-17)13(8-11)15-10-4-2-9(14)3-5-10/h2-8,15H,1H3. The van der Waals surface area contributed by atoms with Crippen LogP contribution < -0.4 is 10.1 Å². The molecule has 0 saturated carbocycles. The minimum absolute atomic E-state index is 0.325. The van der Waals surface area contributed by atoms with Crippen LogP contribution in [0.15, 0.2) is 47.6 Å². The van der Waals surface area contributed by atoms with Gasteiger partial charge in [-0.05, 0) is 41.6 Å². The number of hydrogen-bond donors (Lipinski definition) is 1. The second-order valence-corrected chi connectivity index (χ2v) is 4.04. The molecule has 0 saturated heterocycles. The molecule has 0 spiro atoms. The first-order valence-electron chi connectivity index (χ1n) is 5.27. The lowest BCUT2D eigenvalue weighted by molar-refractivity contribution is 0.415. The fourth-order valence-electron chi connectivity index (χ4n) is 1.51. The van der Waals surface area contributed by atoms with Gasteiger partial charge in [-0.2, -0.15) is 0 Å². The number of hydrogen-bond acceptors (Lipinski definition) is 4. The van der Waals surface area contributed by atoms with Crippen molar-refractivity contribution in [3.63, 3.8) is 0 Å². The minimum atomic E-state index is 0.325. The van der Waals surface area contributed by atoms with Crippen LogP contribution in [0.3, 0.4) is 0 Å². The van der Waals surface area contributed by atoms with Crippen molar-refractivity contribution >= 4 is 28.7 Å². The second-order valence-electron chi connectivity index (χ2n) is 3.61. The molecule has 0 atom stereocenters. The number of benzene rings is 2. The molecule has 5 heteroatoms. The fraction of sp³-hybridized carbons (Fsp3) is 0.0769. The predicted molar refractivity (Wildman–Crippen MR) is 73.2 cm³/mol. The maximum absolute atomic E-state index is 10.7. The van der Waals surface area contributed by atoms with Gasteiger partial charge in [0.15, 0.2) is 0 Å². The molecular formula is C13H11ClN2O2. The van der Waals surface area contributed by atoms with E-state index < -0.39 is 0 Å². The van der Waals surface area contributed by atoms with Gasteiger partial charge in [-0.15, -0.1) is 4.91 Å². The summed E-state index contributed by atoms with van der Waals surface area (Å²) in [7, 11) is 1.56. The average Bonchev–Trinajstić information content (AvgIpc) is 2.41. The summed E-state index contributed by atoms with van der Waals surface area (Å²) < 4.78 is 5.11. The molecule has 0 bridgehead atoms. The van der Waals surface area contributed by atoms with E-state index in [1.54, 1.807) is 37.4 Å². The van der Waals surface area contributed by atoms with Crippen LogP contribution in [0.25, 0.3) is 0 Å². The lowest BCUT2D eigenvalue weighted by Gasteiger charge is -2.09. The number of ether oxygens (including phenoxy) is 1. The maximum atomic E-state index is 10.7. The predicted octanol–water partition coefficient (Wildman–Crippen LogP) is 4.49. The summed E-state index contributed by atoms with van der Waals surface area (Å²) in [6.07, 6.45) is 0. The average molecular weight is 263 g/mol. The van der Waals surface area contributed by atoms with Gasteiger partial charge < -0.3 is 10.1 Å². The molecule has 92 valence electrons. The third kappa shape index (κ3) is 2.78. The Morgan fingerprint density at radius 3 is 2.50 bits per heavy atom. The van der Waals surface area contributed by atoms with Crippen molar-refractivity contribution in [2.75, 3.05) is 12.4 Å². The first-order valence-corrected chi connectivity index (χ1v) is 5.64. The number of anilines is 2. The van der Waals surface area contributed by atoms with Gasteiger partial charge in [0.1, 0.15) is 11.4 Å². The highest BCUT2D eigenvalue weighted by Gasteiger charge is 2.05. The van der Waals surface area contributed by atoms with Crippen molar-refractivity contribution in [2.24, 2.45) is 5.18 Å². The van der Waals surface area contributed by atoms with Crippen molar-refractivity contribution in [1.29, 1.82) is 0 Å². The van der Waals surface area contributed by atoms with E-state index >= 15 is 0 Å². The molecule has 0 unspecified atom stereocenters. The monoisotopic (exact) mass is 262 g/mol. The molecule has 4 nitrogen and oxygen atoms in total. The maximum Gasteiger partial charge on any atom is 0.131 e. The van der Waals surface area contributed by atoms with E-state index in [1.165, 1.54) is 0 Å². The van der Waals surface area contributed by atoms with E-state index in [2.05, 4.69) is 10.5 Å². The third-order valence-electron chi connectivity index (χ3n) is 2.43. The van der Waals surface area contributed by atoms with Crippen LogP contribution in [-0.4, -0.2) is 7.11 Å². The highest BCUT2D eigenvalue weighted by molar-refractivity contribution is 6.30. The van der Waals surface area contributed by atoms with Crippen LogP contribution in [0, 0.1) is 4.91 Å². The summed E-state index contributed by atoms with van der Waals surface area (Å²) in [5.74, 6) is 0.652. The lowest BCUT2D eigenvalue weighted by atomic mass is 10.2. The summed E-state index contributed by atoms with van der Waals surface area (Å²) in [4.78, 5) is 10.7. The molecule has 0 aliphatic rings. The summed E-state index contributed by atoms with van der Waals surface area (Å²) in [6.45, 7) is 0. The molecular weight excluding hydrogens is 252 g/mol. The Balaban J connectivity index is 2.31. The van der Waals surface area contributed by atoms with E-state index in [4.69, 9.17) is 16.3 Å². The van der Waals surface area contributed by atoms with Crippen molar-refractivity contribution in [1.82, 2.24) is 0 Å². The van der Waals surface area contributed by atoms with Crippen LogP contribution in [0.1, 0.15) is 0 Å². The molecule has 0 radical (unpaired) electrons. The van der Waals surface area contributed by atoms with Crippen LogP contribution in [0.2, 0.25) is 5.02 Å². The van der Waals surface area contributed by atoms with E-state index in [9.17, 15) is 4.91 Å². The Bertz CT molecular complexity index is 555. The van der Waals surface area contributed by atoms with Gasteiger partial charge in [0.05, 0.1) is 12.8 Å². The highest BCUT2D eigenvalue weighted by atomic mass is 35.5. The van der Waals surface area contributed by atoms with Crippen LogP contribution in [-0.2, 0) is 0 Å². The summed E-state index contributed by atoms with van der Waals surface area (Å²) >= 11 is 5.80. The Hall–Kier alpha value is -2.07. The summed E-state index contributed by atoms with van der Waals surface area (Å²) in [6, 6.07) is 12.2. The van der Waals surface area contributed by atoms with Crippen LogP contribution in [0.4, 0.5) is 17.1 Å². The zero-order valence-corrected chi connectivity index (χ0v) is 10.4. The zero-order chi connectivity index (χ0) is 13.0. The Labute approximate surface area is 110 Å². The van der Waals surface area contributed by atoms with Crippen molar-refractivity contribution in [3.8, 4) is 5.75 Å². The number of nitrogens with zero attached hydrogens (tertiary/aromatic N) is 1. The molecule has 0 aliphatic heterocycles. The lowest BCUT2D eigenvalue weighted by Crippen LogP contribution is -1.92. The second kappa shape index (κ2) is 5.51. The van der Waals surface area contributed by atoms with E-state index in [0.717, 1.165) is 5.69 Å². The first-order chi connectivity index (χ1) is 8.72. The van der Waals surface area contributed by atoms with E-state index in [0.29, 0.717) is 22.1 Å². The third-order valence-corrected chi connectivity index (χ3v) is 2.68. The quantitative estimate of drug-likeness (QED) is 0.826. The molecule has 0 aromatic heterocycles.